The summed E-state index contributed by atoms with van der Waals surface area (Å²) in [6.07, 6.45) is 2.44. The summed E-state index contributed by atoms with van der Waals surface area (Å²) in [6.45, 7) is 1.58. The lowest BCUT2D eigenvalue weighted by molar-refractivity contribution is 0.104. The number of allylic oxidation sites excluding steroid dienone is 1. The summed E-state index contributed by atoms with van der Waals surface area (Å²) in [7, 11) is 1.52. The van der Waals surface area contributed by atoms with E-state index in [2.05, 4.69) is 16.3 Å². The number of nitrogens with zero attached hydrogens (tertiary/aromatic N) is 1. The average molecular weight is 390 g/mol. The van der Waals surface area contributed by atoms with E-state index in [1.54, 1.807) is 12.1 Å². The molecule has 3 N–H and O–H groups in total. The fourth-order valence-corrected chi connectivity index (χ4v) is 3.77. The highest BCUT2D eigenvalue weighted by Gasteiger charge is 2.24. The highest BCUT2D eigenvalue weighted by molar-refractivity contribution is 6.15. The number of ketones is 1. The van der Waals surface area contributed by atoms with Gasteiger partial charge in [-0.1, -0.05) is 23.8 Å². The van der Waals surface area contributed by atoms with E-state index in [9.17, 15) is 15.0 Å². The van der Waals surface area contributed by atoms with Crippen molar-refractivity contribution >= 4 is 11.9 Å². The van der Waals surface area contributed by atoms with E-state index in [-0.39, 0.29) is 19.0 Å². The minimum atomic E-state index is -0.223. The first kappa shape index (κ1) is 19.1. The molecule has 0 atom stereocenters. The minimum absolute atomic E-state index is 0.0488. The molecule has 0 bridgehead atoms. The van der Waals surface area contributed by atoms with Gasteiger partial charge in [-0.2, -0.15) is 5.10 Å². The molecule has 0 unspecified atom stereocenters. The van der Waals surface area contributed by atoms with Crippen molar-refractivity contribution in [2.24, 2.45) is 0 Å². The third-order valence-electron chi connectivity index (χ3n) is 5.25. The molecule has 0 saturated carbocycles. The number of carbonyl (C=O) groups is 1. The van der Waals surface area contributed by atoms with Crippen LogP contribution in [0.3, 0.4) is 0 Å². The number of aromatic nitrogens is 2. The number of nitrogens with one attached hydrogen (secondary N) is 1. The van der Waals surface area contributed by atoms with E-state index in [1.165, 1.54) is 7.11 Å². The molecule has 1 aliphatic carbocycles. The van der Waals surface area contributed by atoms with Gasteiger partial charge in [0, 0.05) is 28.7 Å². The summed E-state index contributed by atoms with van der Waals surface area (Å²) in [5, 5.41) is 26.5. The zero-order valence-corrected chi connectivity index (χ0v) is 16.3. The second-order valence-corrected chi connectivity index (χ2v) is 7.18. The standard InChI is InChI=1S/C23H22N2O4/c1-13-3-4-19-14(5-13)6-16(23(19)28)8-18-10-21(25-24-18)15-7-17(11-26)20(12-27)22(9-15)29-2/h3-5,7-10,26-27H,6,11-12H2,1-2H3,(H,24,25)/b16-8+. The maximum absolute atomic E-state index is 12.7. The number of benzene rings is 2. The van der Waals surface area contributed by atoms with Crippen molar-refractivity contribution < 1.29 is 19.7 Å². The molecule has 148 valence electrons. The van der Waals surface area contributed by atoms with Crippen molar-refractivity contribution in [3.63, 3.8) is 0 Å². The number of H-pyrrole nitrogens is 1. The number of aliphatic hydroxyl groups is 2. The van der Waals surface area contributed by atoms with Crippen LogP contribution in [0.4, 0.5) is 0 Å². The Morgan fingerprint density at radius 2 is 2.00 bits per heavy atom. The Balaban J connectivity index is 1.66. The summed E-state index contributed by atoms with van der Waals surface area (Å²) < 4.78 is 5.35. The molecule has 0 spiro atoms. The monoisotopic (exact) mass is 390 g/mol. The van der Waals surface area contributed by atoms with E-state index in [0.29, 0.717) is 29.0 Å². The Morgan fingerprint density at radius 1 is 1.17 bits per heavy atom. The number of hydrogen-bond acceptors (Lipinski definition) is 5. The van der Waals surface area contributed by atoms with Gasteiger partial charge < -0.3 is 14.9 Å². The molecule has 4 rings (SSSR count). The minimum Gasteiger partial charge on any atom is -0.496 e. The number of fused-ring (bicyclic) bond motifs is 1. The molecular formula is C23H22N2O4. The van der Waals surface area contributed by atoms with Crippen molar-refractivity contribution in [3.8, 4) is 17.0 Å². The topological polar surface area (TPSA) is 95.4 Å². The zero-order valence-electron chi connectivity index (χ0n) is 16.3. The number of hydrogen-bond donors (Lipinski definition) is 3. The van der Waals surface area contributed by atoms with E-state index < -0.39 is 0 Å². The van der Waals surface area contributed by atoms with Crippen molar-refractivity contribution in [3.05, 3.63) is 75.5 Å². The number of aliphatic hydroxyl groups excluding tert-OH is 2. The second-order valence-electron chi connectivity index (χ2n) is 7.18. The maximum Gasteiger partial charge on any atom is 0.189 e. The van der Waals surface area contributed by atoms with Crippen LogP contribution in [0.15, 0.2) is 42.0 Å². The van der Waals surface area contributed by atoms with Gasteiger partial charge in [0.15, 0.2) is 5.78 Å². The molecular weight excluding hydrogens is 368 g/mol. The lowest BCUT2D eigenvalue weighted by Gasteiger charge is -2.12. The average Bonchev–Trinajstić information content (AvgIpc) is 3.31. The van der Waals surface area contributed by atoms with Crippen LogP contribution in [0, 0.1) is 6.92 Å². The normalized spacial score (nSPS) is 14.5. The van der Waals surface area contributed by atoms with Crippen molar-refractivity contribution in [1.29, 1.82) is 0 Å². The molecule has 29 heavy (non-hydrogen) atoms. The van der Waals surface area contributed by atoms with Crippen LogP contribution >= 0.6 is 0 Å². The quantitative estimate of drug-likeness (QED) is 0.582. The Hall–Kier alpha value is -3.22. The second kappa shape index (κ2) is 7.66. The van der Waals surface area contributed by atoms with Crippen molar-refractivity contribution in [1.82, 2.24) is 10.2 Å². The number of aromatic amines is 1. The molecule has 3 aromatic rings. The molecule has 0 radical (unpaired) electrons. The Bertz CT molecular complexity index is 1100. The number of aryl methyl sites for hydroxylation is 1. The first-order chi connectivity index (χ1) is 14.0. The van der Waals surface area contributed by atoms with Crippen LogP contribution in [0.1, 0.15) is 38.3 Å². The summed E-state index contributed by atoms with van der Waals surface area (Å²) >= 11 is 0. The van der Waals surface area contributed by atoms with Gasteiger partial charge in [0.1, 0.15) is 5.75 Å². The van der Waals surface area contributed by atoms with Gasteiger partial charge in [0.25, 0.3) is 0 Å². The zero-order chi connectivity index (χ0) is 20.5. The van der Waals surface area contributed by atoms with Gasteiger partial charge >= 0.3 is 0 Å². The summed E-state index contributed by atoms with van der Waals surface area (Å²) in [5.74, 6) is 0.543. The number of methoxy groups -OCH3 is 1. The van der Waals surface area contributed by atoms with Gasteiger partial charge in [-0.25, -0.2) is 0 Å². The van der Waals surface area contributed by atoms with Crippen LogP contribution in [-0.4, -0.2) is 33.3 Å². The van der Waals surface area contributed by atoms with E-state index in [0.717, 1.165) is 33.5 Å². The molecule has 0 amide bonds. The third kappa shape index (κ3) is 3.48. The lowest BCUT2D eigenvalue weighted by atomic mass is 10.0. The van der Waals surface area contributed by atoms with Gasteiger partial charge in [-0.05, 0) is 42.3 Å². The maximum atomic E-state index is 12.7. The van der Waals surface area contributed by atoms with Gasteiger partial charge in [-0.3, -0.25) is 9.89 Å². The van der Waals surface area contributed by atoms with E-state index in [1.807, 2.05) is 31.2 Å². The molecule has 1 heterocycles. The molecule has 0 aliphatic heterocycles. The number of carbonyl (C=O) groups excluding carboxylic acids is 1. The number of rotatable bonds is 5. The Kier molecular flexibility index (Phi) is 5.05. The smallest absolute Gasteiger partial charge is 0.189 e. The third-order valence-corrected chi connectivity index (χ3v) is 5.25. The fraction of sp³-hybridized carbons (Fsp3) is 0.217. The van der Waals surface area contributed by atoms with Crippen molar-refractivity contribution in [2.45, 2.75) is 26.6 Å². The molecule has 0 saturated heterocycles. The number of ether oxygens (including phenoxy) is 1. The van der Waals surface area contributed by atoms with E-state index >= 15 is 0 Å². The first-order valence-corrected chi connectivity index (χ1v) is 9.36. The molecule has 0 fully saturated rings. The molecule has 2 aromatic carbocycles. The SMILES string of the molecule is COc1cc(-c2cc(/C=C3\Cc4cc(C)ccc4C3=O)[nH]n2)cc(CO)c1CO. The van der Waals surface area contributed by atoms with Crippen LogP contribution < -0.4 is 4.74 Å². The highest BCUT2D eigenvalue weighted by atomic mass is 16.5. The van der Waals surface area contributed by atoms with Crippen LogP contribution in [0.5, 0.6) is 5.75 Å². The molecule has 1 aromatic heterocycles. The summed E-state index contributed by atoms with van der Waals surface area (Å²) in [4.78, 5) is 12.7. The summed E-state index contributed by atoms with van der Waals surface area (Å²) in [6, 6.07) is 11.3. The van der Waals surface area contributed by atoms with Crippen LogP contribution in [-0.2, 0) is 19.6 Å². The Morgan fingerprint density at radius 3 is 2.72 bits per heavy atom. The molecule has 6 heteroatoms. The van der Waals surface area contributed by atoms with Gasteiger partial charge in [0.05, 0.1) is 31.7 Å². The predicted molar refractivity (Wildman–Crippen MR) is 110 cm³/mol. The van der Waals surface area contributed by atoms with Gasteiger partial charge in [0.2, 0.25) is 0 Å². The Labute approximate surface area is 168 Å². The highest BCUT2D eigenvalue weighted by Crippen LogP contribution is 2.32. The molecule has 1 aliphatic rings. The van der Waals surface area contributed by atoms with E-state index in [4.69, 9.17) is 4.74 Å². The van der Waals surface area contributed by atoms with Gasteiger partial charge in [-0.15, -0.1) is 0 Å². The van der Waals surface area contributed by atoms with Crippen LogP contribution in [0.25, 0.3) is 17.3 Å². The number of Topliss-reactive ketones (excluding diaryl/α,β-unsaturated/α-hetero) is 1. The first-order valence-electron chi connectivity index (χ1n) is 9.36. The predicted octanol–water partition coefficient (Wildman–Crippen LogP) is 3.20. The largest absolute Gasteiger partial charge is 0.496 e. The van der Waals surface area contributed by atoms with Crippen molar-refractivity contribution in [2.75, 3.05) is 7.11 Å². The van der Waals surface area contributed by atoms with Crippen LogP contribution in [0.2, 0.25) is 0 Å². The molecule has 6 nitrogen and oxygen atoms in total. The lowest BCUT2D eigenvalue weighted by Crippen LogP contribution is -1.99. The summed E-state index contributed by atoms with van der Waals surface area (Å²) in [5.41, 5.74) is 6.96. The fourth-order valence-electron chi connectivity index (χ4n) is 3.77.